The van der Waals surface area contributed by atoms with Gasteiger partial charge in [-0.3, -0.25) is 4.79 Å². The Morgan fingerprint density at radius 1 is 1.43 bits per heavy atom. The fourth-order valence-corrected chi connectivity index (χ4v) is 2.31. The molecule has 0 fully saturated rings. The van der Waals surface area contributed by atoms with E-state index < -0.39 is 0 Å². The molecule has 0 N–H and O–H groups in total. The molecular formula is C11H9FOS. The van der Waals surface area contributed by atoms with Gasteiger partial charge in [-0.25, -0.2) is 4.39 Å². The molecule has 0 bridgehead atoms. The average Bonchev–Trinajstić information content (AvgIpc) is 2.61. The number of hydrogen-bond donors (Lipinski definition) is 0. The Balaban J connectivity index is 2.73. The van der Waals surface area contributed by atoms with Gasteiger partial charge in [-0.05, 0) is 29.5 Å². The van der Waals surface area contributed by atoms with Crippen LogP contribution in [-0.2, 0) is 6.42 Å². The third kappa shape index (κ3) is 1.44. The molecule has 3 heteroatoms. The predicted octanol–water partition coefficient (Wildman–Crippen LogP) is 3.42. The minimum absolute atomic E-state index is 0.225. The lowest BCUT2D eigenvalue weighted by Crippen LogP contribution is -1.82. The second-order valence-corrected chi connectivity index (χ2v) is 4.20. The van der Waals surface area contributed by atoms with Crippen molar-refractivity contribution in [2.24, 2.45) is 0 Å². The van der Waals surface area contributed by atoms with Crippen LogP contribution in [0.5, 0.6) is 0 Å². The van der Waals surface area contributed by atoms with Crippen molar-refractivity contribution < 1.29 is 9.18 Å². The molecule has 0 amide bonds. The number of hydrogen-bond acceptors (Lipinski definition) is 2. The van der Waals surface area contributed by atoms with Gasteiger partial charge in [-0.2, -0.15) is 0 Å². The molecule has 0 saturated heterocycles. The number of aldehydes is 1. The number of rotatable bonds is 2. The lowest BCUT2D eigenvalue weighted by molar-refractivity contribution is 0.112. The van der Waals surface area contributed by atoms with Crippen LogP contribution in [0.2, 0.25) is 0 Å². The lowest BCUT2D eigenvalue weighted by atomic mass is 10.1. The highest BCUT2D eigenvalue weighted by molar-refractivity contribution is 7.20. The Hall–Kier alpha value is -1.22. The van der Waals surface area contributed by atoms with E-state index in [0.717, 1.165) is 23.7 Å². The highest BCUT2D eigenvalue weighted by Gasteiger charge is 2.07. The van der Waals surface area contributed by atoms with E-state index >= 15 is 0 Å². The summed E-state index contributed by atoms with van der Waals surface area (Å²) in [6.45, 7) is 1.98. The van der Waals surface area contributed by atoms with Crippen LogP contribution in [0.15, 0.2) is 18.2 Å². The molecule has 2 rings (SSSR count). The summed E-state index contributed by atoms with van der Waals surface area (Å²) in [4.78, 5) is 11.1. The number of aryl methyl sites for hydroxylation is 1. The SMILES string of the molecule is CCc1cc(F)c2sc(C=O)cc2c1. The van der Waals surface area contributed by atoms with Gasteiger partial charge in [0.2, 0.25) is 0 Å². The third-order valence-electron chi connectivity index (χ3n) is 2.17. The van der Waals surface area contributed by atoms with E-state index in [2.05, 4.69) is 0 Å². The lowest BCUT2D eigenvalue weighted by Gasteiger charge is -1.97. The minimum Gasteiger partial charge on any atom is -0.297 e. The van der Waals surface area contributed by atoms with E-state index in [1.807, 2.05) is 13.0 Å². The minimum atomic E-state index is -0.225. The van der Waals surface area contributed by atoms with Crippen LogP contribution >= 0.6 is 11.3 Å². The van der Waals surface area contributed by atoms with Crippen molar-refractivity contribution in [1.82, 2.24) is 0 Å². The Morgan fingerprint density at radius 2 is 2.21 bits per heavy atom. The van der Waals surface area contributed by atoms with Gasteiger partial charge in [0.25, 0.3) is 0 Å². The molecule has 0 radical (unpaired) electrons. The topological polar surface area (TPSA) is 17.1 Å². The monoisotopic (exact) mass is 208 g/mol. The number of halogens is 1. The summed E-state index contributed by atoms with van der Waals surface area (Å²) in [6, 6.07) is 5.20. The number of thiophene rings is 1. The maximum absolute atomic E-state index is 13.5. The molecule has 0 atom stereocenters. The molecule has 0 aliphatic heterocycles. The molecule has 1 aromatic heterocycles. The molecule has 1 aromatic carbocycles. The molecule has 0 aliphatic carbocycles. The summed E-state index contributed by atoms with van der Waals surface area (Å²) in [5.74, 6) is -0.225. The molecular weight excluding hydrogens is 199 g/mol. The van der Waals surface area contributed by atoms with Crippen molar-refractivity contribution in [2.45, 2.75) is 13.3 Å². The van der Waals surface area contributed by atoms with Gasteiger partial charge < -0.3 is 0 Å². The van der Waals surface area contributed by atoms with Crippen molar-refractivity contribution in [3.05, 3.63) is 34.5 Å². The first kappa shape index (κ1) is 9.34. The molecule has 0 unspecified atom stereocenters. The van der Waals surface area contributed by atoms with E-state index in [9.17, 15) is 9.18 Å². The zero-order valence-electron chi connectivity index (χ0n) is 7.71. The number of fused-ring (bicyclic) bond motifs is 1. The Kier molecular flexibility index (Phi) is 2.33. The number of carbonyl (C=O) groups excluding carboxylic acids is 1. The summed E-state index contributed by atoms with van der Waals surface area (Å²) in [6.07, 6.45) is 1.56. The van der Waals surface area contributed by atoms with E-state index in [1.165, 1.54) is 17.4 Å². The van der Waals surface area contributed by atoms with Gasteiger partial charge >= 0.3 is 0 Å². The van der Waals surface area contributed by atoms with Gasteiger partial charge in [0, 0.05) is 0 Å². The average molecular weight is 208 g/mol. The van der Waals surface area contributed by atoms with Gasteiger partial charge in [0.1, 0.15) is 5.82 Å². The van der Waals surface area contributed by atoms with E-state index in [-0.39, 0.29) is 5.82 Å². The molecule has 14 heavy (non-hydrogen) atoms. The van der Waals surface area contributed by atoms with Crippen LogP contribution in [0.25, 0.3) is 10.1 Å². The number of benzene rings is 1. The second-order valence-electron chi connectivity index (χ2n) is 3.12. The second kappa shape index (κ2) is 3.50. The largest absolute Gasteiger partial charge is 0.297 e. The van der Waals surface area contributed by atoms with Crippen molar-refractivity contribution in [3.63, 3.8) is 0 Å². The van der Waals surface area contributed by atoms with Crippen LogP contribution in [-0.4, -0.2) is 6.29 Å². The molecule has 2 aromatic rings. The smallest absolute Gasteiger partial charge is 0.160 e. The first-order valence-electron chi connectivity index (χ1n) is 4.41. The maximum atomic E-state index is 13.5. The molecule has 1 heterocycles. The first-order valence-corrected chi connectivity index (χ1v) is 5.23. The fourth-order valence-electron chi connectivity index (χ4n) is 1.45. The fraction of sp³-hybridized carbons (Fsp3) is 0.182. The zero-order valence-corrected chi connectivity index (χ0v) is 8.53. The summed E-state index contributed by atoms with van der Waals surface area (Å²) >= 11 is 1.20. The van der Waals surface area contributed by atoms with Gasteiger partial charge in [-0.15, -0.1) is 11.3 Å². The third-order valence-corrected chi connectivity index (χ3v) is 3.26. The zero-order chi connectivity index (χ0) is 10.1. The molecule has 0 saturated carbocycles. The Morgan fingerprint density at radius 3 is 2.86 bits per heavy atom. The van der Waals surface area contributed by atoms with Gasteiger partial charge in [0.15, 0.2) is 6.29 Å². The first-order chi connectivity index (χ1) is 6.74. The number of carbonyl (C=O) groups is 1. The Labute approximate surface area is 85.2 Å². The highest BCUT2D eigenvalue weighted by Crippen LogP contribution is 2.28. The molecule has 1 nitrogen and oxygen atoms in total. The van der Waals surface area contributed by atoms with Crippen molar-refractivity contribution in [2.75, 3.05) is 0 Å². The van der Waals surface area contributed by atoms with Crippen molar-refractivity contribution in [3.8, 4) is 0 Å². The van der Waals surface area contributed by atoms with Crippen molar-refractivity contribution >= 4 is 27.7 Å². The van der Waals surface area contributed by atoms with Crippen LogP contribution in [0.4, 0.5) is 4.39 Å². The molecule has 0 aliphatic rings. The van der Waals surface area contributed by atoms with Crippen LogP contribution < -0.4 is 0 Å². The molecule has 0 spiro atoms. The van der Waals surface area contributed by atoms with Crippen LogP contribution in [0.3, 0.4) is 0 Å². The Bertz CT molecular complexity index is 487. The maximum Gasteiger partial charge on any atom is 0.160 e. The highest BCUT2D eigenvalue weighted by atomic mass is 32.1. The van der Waals surface area contributed by atoms with Crippen LogP contribution in [0, 0.1) is 5.82 Å². The molecule has 72 valence electrons. The van der Waals surface area contributed by atoms with E-state index in [4.69, 9.17) is 0 Å². The van der Waals surface area contributed by atoms with Crippen molar-refractivity contribution in [1.29, 1.82) is 0 Å². The standard InChI is InChI=1S/C11H9FOS/c1-2-7-3-8-5-9(6-13)14-11(8)10(12)4-7/h3-6H,2H2,1H3. The van der Waals surface area contributed by atoms with E-state index in [0.29, 0.717) is 9.58 Å². The summed E-state index contributed by atoms with van der Waals surface area (Å²) in [7, 11) is 0. The van der Waals surface area contributed by atoms with Crippen LogP contribution in [0.1, 0.15) is 22.2 Å². The van der Waals surface area contributed by atoms with Gasteiger partial charge in [0.05, 0.1) is 9.58 Å². The predicted molar refractivity (Wildman–Crippen MR) is 56.5 cm³/mol. The summed E-state index contributed by atoms with van der Waals surface area (Å²) in [5, 5.41) is 0.828. The van der Waals surface area contributed by atoms with E-state index in [1.54, 1.807) is 6.07 Å². The van der Waals surface area contributed by atoms with Gasteiger partial charge in [-0.1, -0.05) is 13.0 Å². The summed E-state index contributed by atoms with van der Waals surface area (Å²) in [5.41, 5.74) is 0.963. The quantitative estimate of drug-likeness (QED) is 0.691. The normalized spacial score (nSPS) is 10.7. The summed E-state index contributed by atoms with van der Waals surface area (Å²) < 4.78 is 14.1.